The van der Waals surface area contributed by atoms with Crippen LogP contribution in [0.2, 0.25) is 0 Å². The Morgan fingerprint density at radius 3 is 2.50 bits per heavy atom. The Hall–Kier alpha value is -2.63. The minimum absolute atomic E-state index is 0.0718. The SMILES string of the molecule is COc1ccccc1/C=C/C(=O)ON1C(=O)CCC1=O. The highest BCUT2D eigenvalue weighted by Crippen LogP contribution is 2.19. The highest BCUT2D eigenvalue weighted by molar-refractivity contribution is 6.02. The zero-order chi connectivity index (χ0) is 14.5. The van der Waals surface area contributed by atoms with Crippen LogP contribution in [0.15, 0.2) is 30.3 Å². The molecule has 1 aliphatic heterocycles. The number of methoxy groups -OCH3 is 1. The van der Waals surface area contributed by atoms with Crippen molar-refractivity contribution in [1.29, 1.82) is 0 Å². The molecule has 0 atom stereocenters. The molecular weight excluding hydrogens is 262 g/mol. The van der Waals surface area contributed by atoms with E-state index in [-0.39, 0.29) is 12.8 Å². The van der Waals surface area contributed by atoms with Gasteiger partial charge in [0, 0.05) is 24.5 Å². The smallest absolute Gasteiger partial charge is 0.356 e. The molecule has 0 unspecified atom stereocenters. The first kappa shape index (κ1) is 13.8. The number of carbonyl (C=O) groups excluding carboxylic acids is 3. The van der Waals surface area contributed by atoms with Gasteiger partial charge in [0.15, 0.2) is 0 Å². The van der Waals surface area contributed by atoms with E-state index in [9.17, 15) is 14.4 Å². The number of imide groups is 1. The Morgan fingerprint density at radius 1 is 1.20 bits per heavy atom. The average Bonchev–Trinajstić information content (AvgIpc) is 2.77. The first-order valence-corrected chi connectivity index (χ1v) is 6.00. The van der Waals surface area contributed by atoms with E-state index in [1.54, 1.807) is 24.3 Å². The summed E-state index contributed by atoms with van der Waals surface area (Å²) < 4.78 is 5.12. The van der Waals surface area contributed by atoms with Gasteiger partial charge in [-0.1, -0.05) is 18.2 Å². The molecule has 0 radical (unpaired) electrons. The van der Waals surface area contributed by atoms with Gasteiger partial charge in [-0.15, -0.1) is 5.06 Å². The van der Waals surface area contributed by atoms with Crippen LogP contribution in [0.5, 0.6) is 5.75 Å². The molecule has 1 aliphatic rings. The van der Waals surface area contributed by atoms with E-state index in [1.807, 2.05) is 0 Å². The predicted molar refractivity (Wildman–Crippen MR) is 69.2 cm³/mol. The zero-order valence-electron chi connectivity index (χ0n) is 10.9. The Bertz CT molecular complexity index is 563. The molecule has 0 spiro atoms. The molecule has 1 aromatic rings. The second-order valence-electron chi connectivity index (χ2n) is 4.07. The van der Waals surface area contributed by atoms with Gasteiger partial charge >= 0.3 is 5.97 Å². The van der Waals surface area contributed by atoms with E-state index in [0.717, 1.165) is 6.08 Å². The number of rotatable bonds is 4. The van der Waals surface area contributed by atoms with E-state index >= 15 is 0 Å². The van der Waals surface area contributed by atoms with E-state index in [1.165, 1.54) is 13.2 Å². The van der Waals surface area contributed by atoms with Crippen molar-refractivity contribution >= 4 is 23.9 Å². The second kappa shape index (κ2) is 6.01. The maximum atomic E-state index is 11.6. The number of hydrogen-bond donors (Lipinski definition) is 0. The molecule has 6 heteroatoms. The first-order chi connectivity index (χ1) is 9.61. The summed E-state index contributed by atoms with van der Waals surface area (Å²) in [5.41, 5.74) is 0.686. The van der Waals surface area contributed by atoms with Crippen molar-refractivity contribution in [2.24, 2.45) is 0 Å². The monoisotopic (exact) mass is 275 g/mol. The summed E-state index contributed by atoms with van der Waals surface area (Å²) in [5, 5.41) is 0.509. The van der Waals surface area contributed by atoms with Crippen LogP contribution in [0.25, 0.3) is 6.08 Å². The Kier molecular flexibility index (Phi) is 4.14. The largest absolute Gasteiger partial charge is 0.496 e. The number of ether oxygens (including phenoxy) is 1. The summed E-state index contributed by atoms with van der Waals surface area (Å²) in [4.78, 5) is 38.8. The number of hydrogen-bond acceptors (Lipinski definition) is 5. The molecular formula is C14H13NO5. The van der Waals surface area contributed by atoms with Crippen molar-refractivity contribution in [2.75, 3.05) is 7.11 Å². The molecule has 0 N–H and O–H groups in total. The molecule has 2 amide bonds. The maximum absolute atomic E-state index is 11.6. The van der Waals surface area contributed by atoms with Crippen molar-refractivity contribution in [3.05, 3.63) is 35.9 Å². The first-order valence-electron chi connectivity index (χ1n) is 6.00. The summed E-state index contributed by atoms with van der Waals surface area (Å²) in [6, 6.07) is 7.10. The van der Waals surface area contributed by atoms with Crippen molar-refractivity contribution < 1.29 is 24.0 Å². The number of nitrogens with zero attached hydrogens (tertiary/aromatic N) is 1. The van der Waals surface area contributed by atoms with Gasteiger partial charge in [0.25, 0.3) is 11.8 Å². The topological polar surface area (TPSA) is 72.9 Å². The molecule has 0 aliphatic carbocycles. The van der Waals surface area contributed by atoms with Crippen molar-refractivity contribution in [1.82, 2.24) is 5.06 Å². The fourth-order valence-corrected chi connectivity index (χ4v) is 1.74. The van der Waals surface area contributed by atoms with Crippen LogP contribution in [0.3, 0.4) is 0 Å². The molecule has 6 nitrogen and oxygen atoms in total. The van der Waals surface area contributed by atoms with Crippen LogP contribution >= 0.6 is 0 Å². The lowest BCUT2D eigenvalue weighted by molar-refractivity contribution is -0.193. The molecule has 1 aromatic carbocycles. The fraction of sp³-hybridized carbons (Fsp3) is 0.214. The van der Waals surface area contributed by atoms with Crippen molar-refractivity contribution in [3.8, 4) is 5.75 Å². The molecule has 1 fully saturated rings. The third kappa shape index (κ3) is 3.03. The summed E-state index contributed by atoms with van der Waals surface area (Å²) in [5.74, 6) is -1.20. The molecule has 0 bridgehead atoms. The molecule has 104 valence electrons. The molecule has 20 heavy (non-hydrogen) atoms. The van der Waals surface area contributed by atoms with Crippen molar-refractivity contribution in [2.45, 2.75) is 12.8 Å². The minimum Gasteiger partial charge on any atom is -0.496 e. The molecule has 0 saturated carbocycles. The zero-order valence-corrected chi connectivity index (χ0v) is 10.9. The molecule has 0 aromatic heterocycles. The number of amides is 2. The normalized spacial score (nSPS) is 14.9. The minimum atomic E-state index is -0.792. The van der Waals surface area contributed by atoms with Gasteiger partial charge < -0.3 is 9.57 Å². The fourth-order valence-electron chi connectivity index (χ4n) is 1.74. The van der Waals surface area contributed by atoms with Crippen LogP contribution in [0.1, 0.15) is 18.4 Å². The summed E-state index contributed by atoms with van der Waals surface area (Å²) in [6.07, 6.45) is 2.77. The highest BCUT2D eigenvalue weighted by atomic mass is 16.7. The van der Waals surface area contributed by atoms with E-state index in [0.29, 0.717) is 16.4 Å². The third-order valence-electron chi connectivity index (χ3n) is 2.72. The predicted octanol–water partition coefficient (Wildman–Crippen LogP) is 1.32. The summed E-state index contributed by atoms with van der Waals surface area (Å²) in [7, 11) is 1.52. The Labute approximate surface area is 115 Å². The Morgan fingerprint density at radius 2 is 1.85 bits per heavy atom. The standard InChI is InChI=1S/C14H13NO5/c1-19-11-5-3-2-4-10(11)6-9-14(18)20-15-12(16)7-8-13(15)17/h2-6,9H,7-8H2,1H3/b9-6+. The number of carbonyl (C=O) groups is 3. The maximum Gasteiger partial charge on any atom is 0.356 e. The van der Waals surface area contributed by atoms with Gasteiger partial charge in [0.05, 0.1) is 7.11 Å². The van der Waals surface area contributed by atoms with Crippen LogP contribution in [-0.2, 0) is 19.2 Å². The average molecular weight is 275 g/mol. The van der Waals surface area contributed by atoms with Gasteiger partial charge in [-0.05, 0) is 12.1 Å². The number of para-hydroxylation sites is 1. The van der Waals surface area contributed by atoms with Crippen molar-refractivity contribution in [3.63, 3.8) is 0 Å². The van der Waals surface area contributed by atoms with Gasteiger partial charge in [0.2, 0.25) is 0 Å². The lowest BCUT2D eigenvalue weighted by atomic mass is 10.2. The third-order valence-corrected chi connectivity index (χ3v) is 2.72. The van der Waals surface area contributed by atoms with E-state index < -0.39 is 17.8 Å². The van der Waals surface area contributed by atoms with Gasteiger partial charge in [-0.25, -0.2) is 4.79 Å². The summed E-state index contributed by atoms with van der Waals surface area (Å²) in [6.45, 7) is 0. The molecule has 1 heterocycles. The molecule has 1 saturated heterocycles. The van der Waals surface area contributed by atoms with E-state index in [2.05, 4.69) is 0 Å². The second-order valence-corrected chi connectivity index (χ2v) is 4.07. The van der Waals surface area contributed by atoms with Crippen LogP contribution in [-0.4, -0.2) is 30.0 Å². The molecule has 2 rings (SSSR count). The van der Waals surface area contributed by atoms with E-state index in [4.69, 9.17) is 9.57 Å². The quantitative estimate of drug-likeness (QED) is 0.612. The Balaban J connectivity index is 2.02. The van der Waals surface area contributed by atoms with Gasteiger partial charge in [-0.2, -0.15) is 0 Å². The van der Waals surface area contributed by atoms with Gasteiger partial charge in [-0.3, -0.25) is 9.59 Å². The van der Waals surface area contributed by atoms with Gasteiger partial charge in [0.1, 0.15) is 5.75 Å². The highest BCUT2D eigenvalue weighted by Gasteiger charge is 2.32. The van der Waals surface area contributed by atoms with Crippen LogP contribution in [0.4, 0.5) is 0 Å². The van der Waals surface area contributed by atoms with Crippen LogP contribution < -0.4 is 4.74 Å². The lowest BCUT2D eigenvalue weighted by Gasteiger charge is -2.10. The van der Waals surface area contributed by atoms with Crippen LogP contribution in [0, 0.1) is 0 Å². The number of hydroxylamine groups is 2. The number of benzene rings is 1. The lowest BCUT2D eigenvalue weighted by Crippen LogP contribution is -2.31. The summed E-state index contributed by atoms with van der Waals surface area (Å²) >= 11 is 0.